The molecule has 0 atom stereocenters. The number of carbonyl (C=O) groups excluding carboxylic acids is 2. The van der Waals surface area contributed by atoms with E-state index in [0.717, 1.165) is 3.57 Å². The Labute approximate surface area is 140 Å². The van der Waals surface area contributed by atoms with Crippen molar-refractivity contribution >= 4 is 51.8 Å². The average molecular weight is 416 g/mol. The van der Waals surface area contributed by atoms with Crippen LogP contribution in [0, 0.1) is 3.57 Å². The molecule has 2 rings (SSSR count). The van der Waals surface area contributed by atoms with Gasteiger partial charge in [-0.05, 0) is 52.9 Å². The van der Waals surface area contributed by atoms with Crippen molar-refractivity contribution in [3.63, 3.8) is 0 Å². The van der Waals surface area contributed by atoms with E-state index in [4.69, 9.17) is 16.3 Å². The van der Waals surface area contributed by atoms with Gasteiger partial charge in [-0.3, -0.25) is 4.79 Å². The van der Waals surface area contributed by atoms with E-state index in [1.165, 1.54) is 19.2 Å². The second-order valence-electron chi connectivity index (χ2n) is 4.12. The lowest BCUT2D eigenvalue weighted by Crippen LogP contribution is -2.16. The standard InChI is InChI=1S/C15H11ClINO3/c1-21-15(20)11-7-6-9(16)8-13(11)18-14(19)10-4-2-3-5-12(10)17/h2-8H,1H3,(H,18,19). The Morgan fingerprint density at radius 1 is 1.14 bits per heavy atom. The summed E-state index contributed by atoms with van der Waals surface area (Å²) in [4.78, 5) is 24.0. The third-order valence-electron chi connectivity index (χ3n) is 2.75. The number of rotatable bonds is 3. The van der Waals surface area contributed by atoms with Gasteiger partial charge in [0.25, 0.3) is 5.91 Å². The van der Waals surface area contributed by atoms with E-state index in [-0.39, 0.29) is 11.5 Å². The van der Waals surface area contributed by atoms with Gasteiger partial charge in [0.2, 0.25) is 0 Å². The molecule has 0 spiro atoms. The quantitative estimate of drug-likeness (QED) is 0.609. The summed E-state index contributed by atoms with van der Waals surface area (Å²) in [6, 6.07) is 11.7. The van der Waals surface area contributed by atoms with Crippen molar-refractivity contribution < 1.29 is 14.3 Å². The van der Waals surface area contributed by atoms with Crippen LogP contribution in [0.2, 0.25) is 5.02 Å². The molecular formula is C15H11ClINO3. The van der Waals surface area contributed by atoms with Crippen LogP contribution in [0.15, 0.2) is 42.5 Å². The molecule has 1 N–H and O–H groups in total. The lowest BCUT2D eigenvalue weighted by Gasteiger charge is -2.11. The Balaban J connectivity index is 2.35. The van der Waals surface area contributed by atoms with E-state index in [0.29, 0.717) is 16.3 Å². The largest absolute Gasteiger partial charge is 0.465 e. The maximum atomic E-state index is 12.3. The van der Waals surface area contributed by atoms with E-state index < -0.39 is 5.97 Å². The van der Waals surface area contributed by atoms with Gasteiger partial charge in [-0.15, -0.1) is 0 Å². The number of esters is 1. The van der Waals surface area contributed by atoms with Gasteiger partial charge in [0.05, 0.1) is 23.9 Å². The Kier molecular flexibility index (Phi) is 5.19. The number of amides is 1. The second-order valence-corrected chi connectivity index (χ2v) is 5.71. The van der Waals surface area contributed by atoms with E-state index in [9.17, 15) is 9.59 Å². The smallest absolute Gasteiger partial charge is 0.339 e. The fourth-order valence-electron chi connectivity index (χ4n) is 1.74. The van der Waals surface area contributed by atoms with Crippen molar-refractivity contribution in [1.82, 2.24) is 0 Å². The summed E-state index contributed by atoms with van der Waals surface area (Å²) in [6.07, 6.45) is 0. The van der Waals surface area contributed by atoms with E-state index in [2.05, 4.69) is 27.9 Å². The molecule has 0 saturated carbocycles. The van der Waals surface area contributed by atoms with Gasteiger partial charge < -0.3 is 10.1 Å². The highest BCUT2D eigenvalue weighted by atomic mass is 127. The van der Waals surface area contributed by atoms with Crippen molar-refractivity contribution in [2.75, 3.05) is 12.4 Å². The minimum absolute atomic E-state index is 0.251. The van der Waals surface area contributed by atoms with Crippen LogP contribution >= 0.6 is 34.2 Å². The molecule has 0 bridgehead atoms. The van der Waals surface area contributed by atoms with Gasteiger partial charge in [0.15, 0.2) is 0 Å². The zero-order valence-electron chi connectivity index (χ0n) is 11.0. The number of halogens is 2. The SMILES string of the molecule is COC(=O)c1ccc(Cl)cc1NC(=O)c1ccccc1I. The molecule has 0 saturated heterocycles. The third-order valence-corrected chi connectivity index (χ3v) is 3.93. The molecule has 6 heteroatoms. The Hall–Kier alpha value is -1.60. The number of methoxy groups -OCH3 is 1. The molecule has 0 aliphatic rings. The molecule has 0 aromatic heterocycles. The lowest BCUT2D eigenvalue weighted by molar-refractivity contribution is 0.0602. The van der Waals surface area contributed by atoms with Crippen molar-refractivity contribution in [2.45, 2.75) is 0 Å². The number of carbonyl (C=O) groups is 2. The van der Waals surface area contributed by atoms with Crippen molar-refractivity contribution in [2.24, 2.45) is 0 Å². The van der Waals surface area contributed by atoms with Crippen LogP contribution in [-0.4, -0.2) is 19.0 Å². The van der Waals surface area contributed by atoms with Crippen molar-refractivity contribution in [3.8, 4) is 0 Å². The van der Waals surface area contributed by atoms with E-state index >= 15 is 0 Å². The van der Waals surface area contributed by atoms with E-state index in [1.54, 1.807) is 18.2 Å². The normalized spacial score (nSPS) is 10.0. The van der Waals surface area contributed by atoms with Crippen LogP contribution in [0.1, 0.15) is 20.7 Å². The fourth-order valence-corrected chi connectivity index (χ4v) is 2.55. The molecular weight excluding hydrogens is 405 g/mol. The van der Waals surface area contributed by atoms with Gasteiger partial charge in [-0.25, -0.2) is 4.79 Å². The summed E-state index contributed by atoms with van der Waals surface area (Å²) in [7, 11) is 1.28. The van der Waals surface area contributed by atoms with Crippen LogP contribution in [-0.2, 0) is 4.74 Å². The number of hydrogen-bond acceptors (Lipinski definition) is 3. The minimum Gasteiger partial charge on any atom is -0.465 e. The van der Waals surface area contributed by atoms with Crippen LogP contribution in [0.5, 0.6) is 0 Å². The monoisotopic (exact) mass is 415 g/mol. The summed E-state index contributed by atoms with van der Waals surface area (Å²) in [5.41, 5.74) is 1.09. The summed E-state index contributed by atoms with van der Waals surface area (Å²) in [6.45, 7) is 0. The molecule has 4 nitrogen and oxygen atoms in total. The predicted molar refractivity (Wildman–Crippen MR) is 89.9 cm³/mol. The minimum atomic E-state index is -0.537. The molecule has 108 valence electrons. The topological polar surface area (TPSA) is 55.4 Å². The maximum absolute atomic E-state index is 12.3. The molecule has 2 aromatic rings. The number of ether oxygens (including phenoxy) is 1. The molecule has 1 amide bonds. The van der Waals surface area contributed by atoms with Crippen molar-refractivity contribution in [3.05, 3.63) is 62.2 Å². The van der Waals surface area contributed by atoms with Crippen LogP contribution in [0.25, 0.3) is 0 Å². The summed E-state index contributed by atoms with van der Waals surface area (Å²) >= 11 is 8.00. The molecule has 0 aliphatic heterocycles. The van der Waals surface area contributed by atoms with Crippen LogP contribution < -0.4 is 5.32 Å². The molecule has 0 radical (unpaired) electrons. The highest BCUT2D eigenvalue weighted by Gasteiger charge is 2.16. The second kappa shape index (κ2) is 6.91. The molecule has 2 aromatic carbocycles. The maximum Gasteiger partial charge on any atom is 0.339 e. The molecule has 0 fully saturated rings. The van der Waals surface area contributed by atoms with Crippen LogP contribution in [0.4, 0.5) is 5.69 Å². The zero-order valence-corrected chi connectivity index (χ0v) is 13.9. The van der Waals surface area contributed by atoms with E-state index in [1.807, 2.05) is 12.1 Å². The Morgan fingerprint density at radius 3 is 2.52 bits per heavy atom. The summed E-state index contributed by atoms with van der Waals surface area (Å²) < 4.78 is 5.51. The molecule has 21 heavy (non-hydrogen) atoms. The highest BCUT2D eigenvalue weighted by molar-refractivity contribution is 14.1. The third kappa shape index (κ3) is 3.74. The van der Waals surface area contributed by atoms with Gasteiger partial charge in [-0.1, -0.05) is 23.7 Å². The molecule has 0 unspecified atom stereocenters. The number of anilines is 1. The number of benzene rings is 2. The predicted octanol–water partition coefficient (Wildman–Crippen LogP) is 3.98. The molecule has 0 heterocycles. The Morgan fingerprint density at radius 2 is 1.86 bits per heavy atom. The van der Waals surface area contributed by atoms with Crippen molar-refractivity contribution in [1.29, 1.82) is 0 Å². The zero-order chi connectivity index (χ0) is 15.4. The first-order valence-corrected chi connectivity index (χ1v) is 7.42. The van der Waals surface area contributed by atoms with Gasteiger partial charge >= 0.3 is 5.97 Å². The van der Waals surface area contributed by atoms with Gasteiger partial charge in [-0.2, -0.15) is 0 Å². The number of hydrogen-bond donors (Lipinski definition) is 1. The fraction of sp³-hybridized carbons (Fsp3) is 0.0667. The first-order valence-electron chi connectivity index (χ1n) is 5.96. The number of nitrogens with one attached hydrogen (secondary N) is 1. The lowest BCUT2D eigenvalue weighted by atomic mass is 10.1. The summed E-state index contributed by atoms with van der Waals surface area (Å²) in [5, 5.41) is 3.11. The highest BCUT2D eigenvalue weighted by Crippen LogP contribution is 2.23. The Bertz CT molecular complexity index is 703. The first-order chi connectivity index (χ1) is 10.0. The summed E-state index contributed by atoms with van der Waals surface area (Å²) in [5.74, 6) is -0.850. The average Bonchev–Trinajstić information content (AvgIpc) is 2.47. The first kappa shape index (κ1) is 15.8. The van der Waals surface area contributed by atoms with Crippen LogP contribution in [0.3, 0.4) is 0 Å². The van der Waals surface area contributed by atoms with Gasteiger partial charge in [0.1, 0.15) is 0 Å². The van der Waals surface area contributed by atoms with Gasteiger partial charge in [0, 0.05) is 8.59 Å². The molecule has 0 aliphatic carbocycles.